The van der Waals surface area contributed by atoms with Gasteiger partial charge >= 0.3 is 0 Å². The van der Waals surface area contributed by atoms with Crippen molar-refractivity contribution in [1.29, 1.82) is 0 Å². The van der Waals surface area contributed by atoms with E-state index in [2.05, 4.69) is 15.0 Å². The van der Waals surface area contributed by atoms with E-state index in [1.54, 1.807) is 13.8 Å². The van der Waals surface area contributed by atoms with E-state index >= 15 is 0 Å². The fraction of sp³-hybridized carbons (Fsp3) is 0.240. The second-order valence-corrected chi connectivity index (χ2v) is 7.63. The Kier molecular flexibility index (Phi) is 7.99. The van der Waals surface area contributed by atoms with Crippen LogP contribution >= 0.6 is 0 Å². The van der Waals surface area contributed by atoms with Crippen molar-refractivity contribution < 1.29 is 25.8 Å². The van der Waals surface area contributed by atoms with Crippen LogP contribution in [-0.4, -0.2) is 16.4 Å². The molecule has 0 N–H and O–H groups in total. The third kappa shape index (κ3) is 5.72. The van der Waals surface area contributed by atoms with Gasteiger partial charge in [-0.2, -0.15) is 0 Å². The van der Waals surface area contributed by atoms with Crippen LogP contribution in [0.1, 0.15) is 47.5 Å². The molecule has 162 valence electrons. The predicted molar refractivity (Wildman–Crippen MR) is 120 cm³/mol. The molecule has 0 aliphatic carbocycles. The van der Waals surface area contributed by atoms with Gasteiger partial charge in [0.05, 0.1) is 22.8 Å². The van der Waals surface area contributed by atoms with E-state index in [9.17, 15) is 8.78 Å². The summed E-state index contributed by atoms with van der Waals surface area (Å²) in [4.78, 5) is 13.6. The number of halogens is 2. The van der Waals surface area contributed by atoms with Crippen molar-refractivity contribution in [2.24, 2.45) is 9.98 Å². The van der Waals surface area contributed by atoms with Gasteiger partial charge in [0.25, 0.3) is 0 Å². The smallest absolute Gasteiger partial charge is 0.149 e. The van der Waals surface area contributed by atoms with Crippen LogP contribution < -0.4 is 0 Å². The maximum atomic E-state index is 14.4. The molecule has 0 spiro atoms. The fourth-order valence-electron chi connectivity index (χ4n) is 3.39. The molecular weight excluding hydrogens is 436 g/mol. The third-order valence-electron chi connectivity index (χ3n) is 4.85. The van der Waals surface area contributed by atoms with Crippen molar-refractivity contribution >= 4 is 22.8 Å². The van der Waals surface area contributed by atoms with Gasteiger partial charge < -0.3 is 0 Å². The molecule has 0 aliphatic rings. The molecule has 0 saturated carbocycles. The Hall–Kier alpha value is -2.69. The monoisotopic (exact) mass is 461 g/mol. The molecule has 1 aromatic heterocycles. The van der Waals surface area contributed by atoms with Gasteiger partial charge in [-0.05, 0) is 88.1 Å². The van der Waals surface area contributed by atoms with Gasteiger partial charge in [-0.1, -0.05) is 18.2 Å². The van der Waals surface area contributed by atoms with Crippen molar-refractivity contribution in [2.45, 2.75) is 41.5 Å². The first kappa shape index (κ1) is 24.6. The molecule has 0 atom stereocenters. The summed E-state index contributed by atoms with van der Waals surface area (Å²) in [5.74, 6) is -0.711. The van der Waals surface area contributed by atoms with Crippen LogP contribution in [0.15, 0.2) is 52.4 Å². The third-order valence-corrected chi connectivity index (χ3v) is 4.85. The predicted octanol–water partition coefficient (Wildman–Crippen LogP) is 6.87. The first-order valence-corrected chi connectivity index (χ1v) is 9.77. The van der Waals surface area contributed by atoms with Crippen LogP contribution in [0, 0.1) is 39.3 Å². The SMILES string of the molecule is CC(=Nc1c(C)cc(C)cc1F)c1cccc(C(C)=Nc2c(C)cc(C)cc2F)n1.[Fe]. The second kappa shape index (κ2) is 10.1. The summed E-state index contributed by atoms with van der Waals surface area (Å²) in [5, 5.41) is 0. The molecule has 2 aromatic carbocycles. The fourth-order valence-corrected chi connectivity index (χ4v) is 3.39. The van der Waals surface area contributed by atoms with Crippen LogP contribution in [0.4, 0.5) is 20.2 Å². The summed E-state index contributed by atoms with van der Waals surface area (Å²) >= 11 is 0. The molecule has 0 saturated heterocycles. The molecule has 1 heterocycles. The molecule has 0 bridgehead atoms. The second-order valence-electron chi connectivity index (χ2n) is 7.63. The summed E-state index contributed by atoms with van der Waals surface area (Å²) in [6.07, 6.45) is 0. The normalized spacial score (nSPS) is 12.0. The van der Waals surface area contributed by atoms with E-state index < -0.39 is 0 Å². The number of pyridine rings is 1. The van der Waals surface area contributed by atoms with Crippen LogP contribution in [-0.2, 0) is 17.1 Å². The Balaban J connectivity index is 0.00000341. The van der Waals surface area contributed by atoms with E-state index in [0.717, 1.165) is 22.3 Å². The summed E-state index contributed by atoms with van der Waals surface area (Å²) in [5.41, 5.74) is 6.28. The summed E-state index contributed by atoms with van der Waals surface area (Å²) < 4.78 is 28.7. The first-order valence-electron chi connectivity index (χ1n) is 9.77. The number of benzene rings is 2. The molecule has 6 heteroatoms. The zero-order valence-electron chi connectivity index (χ0n) is 18.5. The number of nitrogens with zero attached hydrogens (tertiary/aromatic N) is 3. The Labute approximate surface area is 192 Å². The molecule has 3 aromatic rings. The quantitative estimate of drug-likeness (QED) is 0.309. The zero-order valence-corrected chi connectivity index (χ0v) is 19.6. The van der Waals surface area contributed by atoms with E-state index in [1.165, 1.54) is 12.1 Å². The van der Waals surface area contributed by atoms with Crippen LogP contribution in [0.2, 0.25) is 0 Å². The van der Waals surface area contributed by atoms with Crippen LogP contribution in [0.5, 0.6) is 0 Å². The number of aromatic nitrogens is 1. The molecule has 0 fully saturated rings. The van der Waals surface area contributed by atoms with Gasteiger partial charge in [-0.3, -0.25) is 0 Å². The van der Waals surface area contributed by atoms with E-state index in [1.807, 2.05) is 58.0 Å². The molecule has 0 aliphatic heterocycles. The number of aliphatic imine (C=N–C) groups is 2. The number of aryl methyl sites for hydroxylation is 4. The van der Waals surface area contributed by atoms with E-state index in [4.69, 9.17) is 0 Å². The number of hydrogen-bond acceptors (Lipinski definition) is 3. The molecule has 0 amide bonds. The van der Waals surface area contributed by atoms with Crippen molar-refractivity contribution in [3.63, 3.8) is 0 Å². The summed E-state index contributed by atoms with van der Waals surface area (Å²) in [7, 11) is 0. The van der Waals surface area contributed by atoms with Crippen molar-refractivity contribution in [3.8, 4) is 0 Å². The minimum Gasteiger partial charge on any atom is -0.248 e. The molecular formula is C25H25F2FeN3. The van der Waals surface area contributed by atoms with Gasteiger partial charge in [0.15, 0.2) is 0 Å². The van der Waals surface area contributed by atoms with Gasteiger partial charge in [0.2, 0.25) is 0 Å². The van der Waals surface area contributed by atoms with E-state index in [-0.39, 0.29) is 28.7 Å². The Bertz CT molecular complexity index is 1050. The number of hydrogen-bond donors (Lipinski definition) is 0. The molecule has 3 nitrogen and oxygen atoms in total. The summed E-state index contributed by atoms with van der Waals surface area (Å²) in [6.45, 7) is 11.0. The van der Waals surface area contributed by atoms with Crippen molar-refractivity contribution in [3.05, 3.63) is 87.7 Å². The summed E-state index contributed by atoms with van der Waals surface area (Å²) in [6, 6.07) is 12.2. The number of rotatable bonds is 4. The Morgan fingerprint density at radius 1 is 0.710 bits per heavy atom. The van der Waals surface area contributed by atoms with Gasteiger partial charge in [-0.25, -0.2) is 23.7 Å². The first-order chi connectivity index (χ1) is 14.2. The Morgan fingerprint density at radius 3 is 1.45 bits per heavy atom. The maximum Gasteiger partial charge on any atom is 0.149 e. The van der Waals surface area contributed by atoms with Gasteiger partial charge in [0, 0.05) is 17.1 Å². The molecule has 31 heavy (non-hydrogen) atoms. The Morgan fingerprint density at radius 2 is 1.10 bits per heavy atom. The molecule has 0 unspecified atom stereocenters. The minimum absolute atomic E-state index is 0. The molecule has 3 rings (SSSR count). The minimum atomic E-state index is -0.355. The average molecular weight is 461 g/mol. The largest absolute Gasteiger partial charge is 0.248 e. The topological polar surface area (TPSA) is 37.6 Å². The van der Waals surface area contributed by atoms with Gasteiger partial charge in [-0.15, -0.1) is 0 Å². The van der Waals surface area contributed by atoms with Crippen molar-refractivity contribution in [2.75, 3.05) is 0 Å². The van der Waals surface area contributed by atoms with Crippen LogP contribution in [0.25, 0.3) is 0 Å². The average Bonchev–Trinajstić information content (AvgIpc) is 2.67. The zero-order chi connectivity index (χ0) is 22.0. The standard InChI is InChI=1S/C25H25F2N3.Fe/c1-14-10-16(3)24(20(26)12-14)28-18(5)22-8-7-9-23(30-22)19(6)29-25-17(4)11-15(2)13-21(25)27;/h7-13H,1-6H3;. The van der Waals surface area contributed by atoms with Crippen LogP contribution in [0.3, 0.4) is 0 Å². The van der Waals surface area contributed by atoms with Gasteiger partial charge in [0.1, 0.15) is 23.0 Å². The van der Waals surface area contributed by atoms with Crippen molar-refractivity contribution in [1.82, 2.24) is 4.98 Å². The maximum absolute atomic E-state index is 14.4. The van der Waals surface area contributed by atoms with E-state index in [0.29, 0.717) is 34.2 Å². The molecule has 0 radical (unpaired) electrons.